The van der Waals surface area contributed by atoms with Crippen LogP contribution in [0.1, 0.15) is 38.4 Å². The second-order valence-electron chi connectivity index (χ2n) is 5.51. The Kier molecular flexibility index (Phi) is 6.30. The molecule has 1 heterocycles. The number of aliphatic hydroxyl groups is 1. The molecule has 0 saturated heterocycles. The summed E-state index contributed by atoms with van der Waals surface area (Å²) < 4.78 is 0. The normalized spacial score (nSPS) is 16.1. The van der Waals surface area contributed by atoms with Gasteiger partial charge in [-0.1, -0.05) is 13.8 Å². The molecule has 108 valence electrons. The zero-order valence-electron chi connectivity index (χ0n) is 12.7. The Labute approximate surface area is 121 Å². The summed E-state index contributed by atoms with van der Waals surface area (Å²) in [5, 5.41) is 14.4. The van der Waals surface area contributed by atoms with Gasteiger partial charge in [0, 0.05) is 16.5 Å². The first-order chi connectivity index (χ1) is 8.88. The lowest BCUT2D eigenvalue weighted by Crippen LogP contribution is -2.47. The second kappa shape index (κ2) is 7.27. The van der Waals surface area contributed by atoms with Crippen molar-refractivity contribution in [3.8, 4) is 0 Å². The monoisotopic (exact) mass is 282 g/mol. The molecule has 3 nitrogen and oxygen atoms in total. The standard InChI is InChI=1S/C15H26N2OS/c1-6-16-15(5,10-18)9-13(4)19-14-8-11(2)7-12(3)17-14/h7-8,13,16,18H,6,9-10H2,1-5H3. The highest BCUT2D eigenvalue weighted by Crippen LogP contribution is 2.28. The van der Waals surface area contributed by atoms with Crippen LogP contribution in [0.25, 0.3) is 0 Å². The summed E-state index contributed by atoms with van der Waals surface area (Å²) >= 11 is 1.78. The Morgan fingerprint density at radius 2 is 2.11 bits per heavy atom. The quantitative estimate of drug-likeness (QED) is 0.755. The van der Waals surface area contributed by atoms with Crippen molar-refractivity contribution >= 4 is 11.8 Å². The molecule has 2 unspecified atom stereocenters. The van der Waals surface area contributed by atoms with Crippen LogP contribution in [0, 0.1) is 13.8 Å². The Morgan fingerprint density at radius 3 is 2.63 bits per heavy atom. The summed E-state index contributed by atoms with van der Waals surface area (Å²) in [6.07, 6.45) is 0.913. The van der Waals surface area contributed by atoms with Gasteiger partial charge in [0.05, 0.1) is 11.6 Å². The minimum Gasteiger partial charge on any atom is -0.394 e. The van der Waals surface area contributed by atoms with Gasteiger partial charge in [0.25, 0.3) is 0 Å². The van der Waals surface area contributed by atoms with Crippen LogP contribution in [-0.2, 0) is 0 Å². The number of rotatable bonds is 7. The van der Waals surface area contributed by atoms with Crippen LogP contribution in [-0.4, -0.2) is 34.0 Å². The molecule has 0 aliphatic rings. The molecule has 1 aromatic heterocycles. The van der Waals surface area contributed by atoms with E-state index in [0.717, 1.165) is 23.7 Å². The van der Waals surface area contributed by atoms with Crippen LogP contribution in [0.15, 0.2) is 17.2 Å². The smallest absolute Gasteiger partial charge is 0.0968 e. The number of likely N-dealkylation sites (N-methyl/N-ethyl adjacent to an activating group) is 1. The number of aryl methyl sites for hydroxylation is 2. The summed E-state index contributed by atoms with van der Waals surface area (Å²) in [6.45, 7) is 11.5. The van der Waals surface area contributed by atoms with Gasteiger partial charge in [-0.15, -0.1) is 11.8 Å². The predicted octanol–water partition coefficient (Wildman–Crippen LogP) is 2.93. The highest BCUT2D eigenvalue weighted by molar-refractivity contribution is 7.99. The first-order valence-corrected chi connectivity index (χ1v) is 7.74. The first kappa shape index (κ1) is 16.5. The number of thioether (sulfide) groups is 1. The Hall–Kier alpha value is -0.580. The van der Waals surface area contributed by atoms with E-state index in [0.29, 0.717) is 5.25 Å². The lowest BCUT2D eigenvalue weighted by Gasteiger charge is -2.31. The van der Waals surface area contributed by atoms with Crippen LogP contribution in [0.3, 0.4) is 0 Å². The first-order valence-electron chi connectivity index (χ1n) is 6.86. The van der Waals surface area contributed by atoms with Crippen molar-refractivity contribution in [1.29, 1.82) is 0 Å². The van der Waals surface area contributed by atoms with Gasteiger partial charge in [0.2, 0.25) is 0 Å². The maximum absolute atomic E-state index is 9.53. The van der Waals surface area contributed by atoms with Crippen molar-refractivity contribution in [3.05, 3.63) is 23.4 Å². The van der Waals surface area contributed by atoms with Crippen LogP contribution >= 0.6 is 11.8 Å². The van der Waals surface area contributed by atoms with E-state index >= 15 is 0 Å². The van der Waals surface area contributed by atoms with E-state index in [1.165, 1.54) is 5.56 Å². The third kappa shape index (κ3) is 5.51. The maximum atomic E-state index is 9.53. The molecular formula is C15H26N2OS. The molecule has 0 aromatic carbocycles. The van der Waals surface area contributed by atoms with E-state index in [1.807, 2.05) is 6.92 Å². The maximum Gasteiger partial charge on any atom is 0.0968 e. The molecule has 0 amide bonds. The number of aliphatic hydroxyl groups excluding tert-OH is 1. The number of aromatic nitrogens is 1. The van der Waals surface area contributed by atoms with E-state index in [9.17, 15) is 5.11 Å². The van der Waals surface area contributed by atoms with Gasteiger partial charge >= 0.3 is 0 Å². The van der Waals surface area contributed by atoms with E-state index in [1.54, 1.807) is 11.8 Å². The molecule has 1 aromatic rings. The highest BCUT2D eigenvalue weighted by atomic mass is 32.2. The van der Waals surface area contributed by atoms with Crippen molar-refractivity contribution in [3.63, 3.8) is 0 Å². The fourth-order valence-electron chi connectivity index (χ4n) is 2.37. The summed E-state index contributed by atoms with van der Waals surface area (Å²) in [4.78, 5) is 4.56. The van der Waals surface area contributed by atoms with Gasteiger partial charge in [-0.25, -0.2) is 4.98 Å². The molecule has 0 bridgehead atoms. The van der Waals surface area contributed by atoms with Crippen LogP contribution in [0.4, 0.5) is 0 Å². The second-order valence-corrected chi connectivity index (χ2v) is 6.96. The molecule has 0 spiro atoms. The molecule has 2 N–H and O–H groups in total. The topological polar surface area (TPSA) is 45.1 Å². The van der Waals surface area contributed by atoms with Crippen LogP contribution in [0.2, 0.25) is 0 Å². The van der Waals surface area contributed by atoms with Crippen LogP contribution < -0.4 is 5.32 Å². The lowest BCUT2D eigenvalue weighted by atomic mass is 9.97. The van der Waals surface area contributed by atoms with Crippen molar-refractivity contribution in [2.45, 2.75) is 56.9 Å². The fraction of sp³-hybridized carbons (Fsp3) is 0.667. The van der Waals surface area contributed by atoms with E-state index in [-0.39, 0.29) is 12.1 Å². The third-order valence-electron chi connectivity index (χ3n) is 3.09. The van der Waals surface area contributed by atoms with Crippen molar-refractivity contribution in [2.75, 3.05) is 13.2 Å². The predicted molar refractivity (Wildman–Crippen MR) is 82.8 cm³/mol. The molecule has 1 rings (SSSR count). The number of hydrogen-bond donors (Lipinski definition) is 2. The van der Waals surface area contributed by atoms with Gasteiger partial charge in [0.15, 0.2) is 0 Å². The molecule has 4 heteroatoms. The number of nitrogens with zero attached hydrogens (tertiary/aromatic N) is 1. The largest absolute Gasteiger partial charge is 0.394 e. The summed E-state index contributed by atoms with van der Waals surface area (Å²) in [7, 11) is 0. The molecule has 0 aliphatic carbocycles. The van der Waals surface area contributed by atoms with Crippen molar-refractivity contribution in [1.82, 2.24) is 10.3 Å². The highest BCUT2D eigenvalue weighted by Gasteiger charge is 2.25. The Morgan fingerprint density at radius 1 is 1.42 bits per heavy atom. The molecule has 0 aliphatic heterocycles. The summed E-state index contributed by atoms with van der Waals surface area (Å²) in [5.41, 5.74) is 2.10. The van der Waals surface area contributed by atoms with Gasteiger partial charge in [-0.2, -0.15) is 0 Å². The molecule has 2 atom stereocenters. The number of hydrogen-bond acceptors (Lipinski definition) is 4. The average molecular weight is 282 g/mol. The van der Waals surface area contributed by atoms with Gasteiger partial charge < -0.3 is 10.4 Å². The number of pyridine rings is 1. The molecular weight excluding hydrogens is 256 g/mol. The zero-order chi connectivity index (χ0) is 14.5. The molecule has 0 fully saturated rings. The number of nitrogens with one attached hydrogen (secondary N) is 1. The van der Waals surface area contributed by atoms with Crippen molar-refractivity contribution in [2.24, 2.45) is 0 Å². The SMILES string of the molecule is CCNC(C)(CO)CC(C)Sc1cc(C)cc(C)n1. The average Bonchev–Trinajstić information content (AvgIpc) is 2.27. The molecule has 0 radical (unpaired) electrons. The zero-order valence-corrected chi connectivity index (χ0v) is 13.5. The molecule has 0 saturated carbocycles. The van der Waals surface area contributed by atoms with E-state index in [2.05, 4.69) is 50.1 Å². The van der Waals surface area contributed by atoms with Crippen LogP contribution in [0.5, 0.6) is 0 Å². The van der Waals surface area contributed by atoms with Gasteiger partial charge in [-0.05, 0) is 51.4 Å². The molecule has 19 heavy (non-hydrogen) atoms. The van der Waals surface area contributed by atoms with E-state index in [4.69, 9.17) is 0 Å². The Bertz CT molecular complexity index is 391. The van der Waals surface area contributed by atoms with Crippen molar-refractivity contribution < 1.29 is 5.11 Å². The fourth-order valence-corrected chi connectivity index (χ4v) is 3.68. The minimum absolute atomic E-state index is 0.159. The lowest BCUT2D eigenvalue weighted by molar-refractivity contribution is 0.168. The minimum atomic E-state index is -0.208. The van der Waals surface area contributed by atoms with Gasteiger partial charge in [0.1, 0.15) is 0 Å². The van der Waals surface area contributed by atoms with Gasteiger partial charge in [-0.3, -0.25) is 0 Å². The Balaban J connectivity index is 2.66. The van der Waals surface area contributed by atoms with E-state index < -0.39 is 0 Å². The summed E-state index contributed by atoms with van der Waals surface area (Å²) in [6, 6.07) is 4.21. The summed E-state index contributed by atoms with van der Waals surface area (Å²) in [5.74, 6) is 0. The third-order valence-corrected chi connectivity index (χ3v) is 4.11.